The van der Waals surface area contributed by atoms with Gasteiger partial charge in [-0.3, -0.25) is 0 Å². The minimum absolute atomic E-state index is 0.193. The molecule has 0 rings (SSSR count). The summed E-state index contributed by atoms with van der Waals surface area (Å²) in [6.07, 6.45) is 0.193. The molecular formula is C10H21BrO2. The Balaban J connectivity index is 3.51. The fourth-order valence-electron chi connectivity index (χ4n) is 0.738. The molecule has 0 aliphatic rings. The summed E-state index contributed by atoms with van der Waals surface area (Å²) in [5.41, 5.74) is 0.209. The molecule has 0 aliphatic heterocycles. The predicted molar refractivity (Wildman–Crippen MR) is 59.5 cm³/mol. The first kappa shape index (κ1) is 13.4. The van der Waals surface area contributed by atoms with Gasteiger partial charge in [-0.2, -0.15) is 0 Å². The van der Waals surface area contributed by atoms with Crippen LogP contribution in [0, 0.1) is 5.41 Å². The third-order valence-electron chi connectivity index (χ3n) is 1.68. The lowest BCUT2D eigenvalue weighted by Gasteiger charge is -2.24. The van der Waals surface area contributed by atoms with E-state index in [2.05, 4.69) is 29.8 Å². The third kappa shape index (κ3) is 7.47. The summed E-state index contributed by atoms with van der Waals surface area (Å²) < 4.78 is 10.9. The van der Waals surface area contributed by atoms with Crippen molar-refractivity contribution in [3.05, 3.63) is 0 Å². The highest BCUT2D eigenvalue weighted by molar-refractivity contribution is 9.09. The Morgan fingerprint density at radius 2 is 2.00 bits per heavy atom. The van der Waals surface area contributed by atoms with Crippen molar-refractivity contribution in [2.45, 2.75) is 33.8 Å². The van der Waals surface area contributed by atoms with E-state index in [-0.39, 0.29) is 11.5 Å². The van der Waals surface area contributed by atoms with Gasteiger partial charge in [0.2, 0.25) is 0 Å². The summed E-state index contributed by atoms with van der Waals surface area (Å²) in [7, 11) is 0. The van der Waals surface area contributed by atoms with Crippen LogP contribution >= 0.6 is 15.9 Å². The Hall–Kier alpha value is 0.400. The maximum Gasteiger partial charge on any atom is 0.0780 e. The van der Waals surface area contributed by atoms with Gasteiger partial charge in [-0.05, 0) is 19.3 Å². The van der Waals surface area contributed by atoms with E-state index >= 15 is 0 Å². The quantitative estimate of drug-likeness (QED) is 0.649. The Morgan fingerprint density at radius 1 is 1.38 bits per heavy atom. The normalized spacial score (nSPS) is 14.5. The summed E-state index contributed by atoms with van der Waals surface area (Å²) in [4.78, 5) is 0. The number of rotatable bonds is 7. The van der Waals surface area contributed by atoms with E-state index < -0.39 is 0 Å². The molecule has 0 radical (unpaired) electrons. The molecule has 0 spiro atoms. The molecule has 13 heavy (non-hydrogen) atoms. The van der Waals surface area contributed by atoms with E-state index in [4.69, 9.17) is 9.47 Å². The van der Waals surface area contributed by atoms with Gasteiger partial charge in [0.25, 0.3) is 0 Å². The molecule has 0 heterocycles. The fraction of sp³-hybridized carbons (Fsp3) is 1.00. The van der Waals surface area contributed by atoms with Crippen molar-refractivity contribution >= 4 is 15.9 Å². The van der Waals surface area contributed by atoms with Crippen LogP contribution in [0.25, 0.3) is 0 Å². The lowest BCUT2D eigenvalue weighted by Crippen LogP contribution is -2.26. The predicted octanol–water partition coefficient (Wildman–Crippen LogP) is 2.85. The van der Waals surface area contributed by atoms with Crippen molar-refractivity contribution in [3.63, 3.8) is 0 Å². The molecular weight excluding hydrogens is 232 g/mol. The average Bonchev–Trinajstić information content (AvgIpc) is 2.11. The van der Waals surface area contributed by atoms with Crippen LogP contribution in [0.3, 0.4) is 0 Å². The lowest BCUT2D eigenvalue weighted by molar-refractivity contribution is -0.0282. The van der Waals surface area contributed by atoms with Crippen LogP contribution < -0.4 is 0 Å². The standard InChI is InChI=1S/C10H21BrO2/c1-5-12-6-9(2)13-8-10(3,4)7-11/h9H,5-8H2,1-4H3. The van der Waals surface area contributed by atoms with E-state index in [1.54, 1.807) is 0 Å². The zero-order valence-corrected chi connectivity index (χ0v) is 10.7. The molecule has 80 valence electrons. The molecule has 0 fully saturated rings. The van der Waals surface area contributed by atoms with Gasteiger partial charge in [-0.25, -0.2) is 0 Å². The van der Waals surface area contributed by atoms with Gasteiger partial charge in [0.1, 0.15) is 0 Å². The van der Waals surface area contributed by atoms with Gasteiger partial charge in [-0.15, -0.1) is 0 Å². The van der Waals surface area contributed by atoms with Gasteiger partial charge in [0.15, 0.2) is 0 Å². The molecule has 0 aromatic rings. The van der Waals surface area contributed by atoms with Crippen LogP contribution in [0.5, 0.6) is 0 Å². The number of hydrogen-bond donors (Lipinski definition) is 0. The van der Waals surface area contributed by atoms with Gasteiger partial charge in [-0.1, -0.05) is 29.8 Å². The molecule has 0 aromatic carbocycles. The van der Waals surface area contributed by atoms with Gasteiger partial charge >= 0.3 is 0 Å². The zero-order valence-electron chi connectivity index (χ0n) is 9.10. The van der Waals surface area contributed by atoms with E-state index in [0.717, 1.165) is 18.5 Å². The first-order valence-corrected chi connectivity index (χ1v) is 5.89. The summed E-state index contributed by atoms with van der Waals surface area (Å²) in [6.45, 7) is 10.6. The molecule has 0 N–H and O–H groups in total. The monoisotopic (exact) mass is 252 g/mol. The average molecular weight is 253 g/mol. The second kappa shape index (κ2) is 6.80. The molecule has 3 heteroatoms. The van der Waals surface area contributed by atoms with Crippen molar-refractivity contribution in [3.8, 4) is 0 Å². The SMILES string of the molecule is CCOCC(C)OCC(C)(C)CBr. The van der Waals surface area contributed by atoms with Gasteiger partial charge in [0.05, 0.1) is 19.3 Å². The lowest BCUT2D eigenvalue weighted by atomic mass is 9.98. The molecule has 1 atom stereocenters. The van der Waals surface area contributed by atoms with Crippen LogP contribution in [-0.2, 0) is 9.47 Å². The second-order valence-corrected chi connectivity index (χ2v) is 4.64. The number of alkyl halides is 1. The molecule has 1 unspecified atom stereocenters. The van der Waals surface area contributed by atoms with E-state index in [1.165, 1.54) is 0 Å². The summed E-state index contributed by atoms with van der Waals surface area (Å²) in [5, 5.41) is 0.960. The molecule has 0 bridgehead atoms. The maximum absolute atomic E-state index is 5.64. The molecule has 0 saturated heterocycles. The third-order valence-corrected chi connectivity index (χ3v) is 3.19. The highest BCUT2D eigenvalue weighted by Gasteiger charge is 2.17. The van der Waals surface area contributed by atoms with Crippen molar-refractivity contribution in [2.75, 3.05) is 25.2 Å². The number of halogens is 1. The minimum Gasteiger partial charge on any atom is -0.379 e. The Labute approximate surface area is 90.1 Å². The van der Waals surface area contributed by atoms with Crippen molar-refractivity contribution < 1.29 is 9.47 Å². The van der Waals surface area contributed by atoms with Crippen LogP contribution in [0.2, 0.25) is 0 Å². The van der Waals surface area contributed by atoms with Crippen LogP contribution in [0.15, 0.2) is 0 Å². The topological polar surface area (TPSA) is 18.5 Å². The number of hydrogen-bond acceptors (Lipinski definition) is 2. The van der Waals surface area contributed by atoms with E-state index in [1.807, 2.05) is 13.8 Å². The highest BCUT2D eigenvalue weighted by atomic mass is 79.9. The molecule has 0 amide bonds. The van der Waals surface area contributed by atoms with Crippen LogP contribution in [-0.4, -0.2) is 31.3 Å². The first-order chi connectivity index (χ1) is 6.02. The summed E-state index contributed by atoms with van der Waals surface area (Å²) >= 11 is 3.46. The summed E-state index contributed by atoms with van der Waals surface area (Å²) in [5.74, 6) is 0. The zero-order chi connectivity index (χ0) is 10.3. The van der Waals surface area contributed by atoms with Crippen LogP contribution in [0.4, 0.5) is 0 Å². The molecule has 0 saturated carbocycles. The molecule has 2 nitrogen and oxygen atoms in total. The maximum atomic E-state index is 5.64. The fourth-order valence-corrected chi connectivity index (χ4v) is 0.900. The van der Waals surface area contributed by atoms with Gasteiger partial charge in [0, 0.05) is 11.9 Å². The molecule has 0 aromatic heterocycles. The van der Waals surface area contributed by atoms with Crippen molar-refractivity contribution in [1.82, 2.24) is 0 Å². The van der Waals surface area contributed by atoms with E-state index in [9.17, 15) is 0 Å². The largest absolute Gasteiger partial charge is 0.379 e. The number of ether oxygens (including phenoxy) is 2. The van der Waals surface area contributed by atoms with Gasteiger partial charge < -0.3 is 9.47 Å². The van der Waals surface area contributed by atoms with Crippen LogP contribution in [0.1, 0.15) is 27.7 Å². The first-order valence-electron chi connectivity index (χ1n) is 4.77. The Bertz CT molecular complexity index is 126. The van der Waals surface area contributed by atoms with Crippen molar-refractivity contribution in [1.29, 1.82) is 0 Å². The summed E-state index contributed by atoms with van der Waals surface area (Å²) in [6, 6.07) is 0. The highest BCUT2D eigenvalue weighted by Crippen LogP contribution is 2.18. The van der Waals surface area contributed by atoms with Crippen molar-refractivity contribution in [2.24, 2.45) is 5.41 Å². The Kier molecular flexibility index (Phi) is 7.00. The minimum atomic E-state index is 0.193. The smallest absolute Gasteiger partial charge is 0.0780 e. The second-order valence-electron chi connectivity index (χ2n) is 4.08. The van der Waals surface area contributed by atoms with E-state index in [0.29, 0.717) is 6.61 Å². The molecule has 0 aliphatic carbocycles. The Morgan fingerprint density at radius 3 is 2.46 bits per heavy atom.